The molecule has 4 aliphatic rings. The Bertz CT molecular complexity index is 6300. The predicted molar refractivity (Wildman–Crippen MR) is 430 cm³/mol. The number of fused-ring (bicyclic) bond motifs is 18. The van der Waals surface area contributed by atoms with Crippen LogP contribution < -0.4 is 0 Å². The van der Waals surface area contributed by atoms with E-state index in [1.54, 1.807) is 0 Å². The molecule has 4 heterocycles. The van der Waals surface area contributed by atoms with Gasteiger partial charge in [0.2, 0.25) is 0 Å². The zero-order valence-electron chi connectivity index (χ0n) is 57.1. The molecule has 6 nitrogen and oxygen atoms in total. The lowest BCUT2D eigenvalue weighted by molar-refractivity contribution is 0.722. The molecule has 0 fully saturated rings. The first-order chi connectivity index (χ1) is 52.5. The molecule has 0 saturated heterocycles. The second kappa shape index (κ2) is 24.9. The van der Waals surface area contributed by atoms with Crippen LogP contribution in [0.1, 0.15) is 44.5 Å². The van der Waals surface area contributed by atoms with E-state index in [0.29, 0.717) is 34.9 Å². The van der Waals surface area contributed by atoms with Gasteiger partial charge in [0.05, 0.1) is 10.8 Å². The summed E-state index contributed by atoms with van der Waals surface area (Å²) in [6.45, 7) is 0. The zero-order valence-corrected chi connectivity index (χ0v) is 58.8. The van der Waals surface area contributed by atoms with Gasteiger partial charge in [0.1, 0.15) is 0 Å². The summed E-state index contributed by atoms with van der Waals surface area (Å²) in [6, 6.07) is 131. The first-order valence-corrected chi connectivity index (χ1v) is 37.5. The minimum absolute atomic E-state index is 0.465. The third-order valence-electron chi connectivity index (χ3n) is 21.8. The second-order valence-electron chi connectivity index (χ2n) is 27.5. The van der Waals surface area contributed by atoms with Crippen LogP contribution in [0.4, 0.5) is 0 Å². The molecular formula is C98H60N6S2. The Labute approximate surface area is 623 Å². The first kappa shape index (κ1) is 61.7. The third-order valence-corrected chi connectivity index (χ3v) is 24.1. The van der Waals surface area contributed by atoms with Crippen LogP contribution in [0.25, 0.3) is 135 Å². The van der Waals surface area contributed by atoms with E-state index >= 15 is 0 Å². The van der Waals surface area contributed by atoms with Crippen molar-refractivity contribution < 1.29 is 0 Å². The molecule has 15 aromatic carbocycles. The molecule has 2 aromatic heterocycles. The van der Waals surface area contributed by atoms with E-state index in [-0.39, 0.29) is 0 Å². The summed E-state index contributed by atoms with van der Waals surface area (Å²) in [6.07, 6.45) is 0. The predicted octanol–water partition coefficient (Wildman–Crippen LogP) is 24.4. The molecule has 8 heteroatoms. The lowest BCUT2D eigenvalue weighted by Gasteiger charge is -2.39. The Hall–Kier alpha value is -13.0. The van der Waals surface area contributed by atoms with Crippen LogP contribution in [0.15, 0.2) is 384 Å². The SMILES string of the molecule is c1ccc(-c2ccc(-c3nc(-c4ccc(-c5cccc6c5-c5ccccc5C65c6ccccc6Sc6ccccc65)cc4)nc(-c4cccc(-c5cccc(-c6nc(-c7ccccc7)nc(-c7ccc(-c8ccc9c(c8)C8(c%10ccccc%10Sc%10ccccc%108)c8ccccc8-9)cc7)n6)c5)c4)n3)cc2)cc1. The van der Waals surface area contributed by atoms with Crippen molar-refractivity contribution in [3.63, 3.8) is 0 Å². The smallest absolute Gasteiger partial charge is 0.164 e. The maximum absolute atomic E-state index is 5.36. The van der Waals surface area contributed by atoms with Crippen molar-refractivity contribution in [1.29, 1.82) is 0 Å². The van der Waals surface area contributed by atoms with Gasteiger partial charge >= 0.3 is 0 Å². The first-order valence-electron chi connectivity index (χ1n) is 35.9. The third kappa shape index (κ3) is 9.82. The number of nitrogens with zero attached hydrogens (tertiary/aromatic N) is 6. The molecule has 2 aliphatic heterocycles. The summed E-state index contributed by atoms with van der Waals surface area (Å²) in [5, 5.41) is 0. The summed E-state index contributed by atoms with van der Waals surface area (Å²) in [5.74, 6) is 3.48. The maximum Gasteiger partial charge on any atom is 0.164 e. The summed E-state index contributed by atoms with van der Waals surface area (Å²) in [4.78, 5) is 36.8. The molecule has 494 valence electrons. The summed E-state index contributed by atoms with van der Waals surface area (Å²) in [5.41, 5.74) is 28.7. The minimum atomic E-state index is -0.471. The number of aromatic nitrogens is 6. The maximum atomic E-state index is 5.36. The fourth-order valence-electron chi connectivity index (χ4n) is 17.0. The van der Waals surface area contributed by atoms with Gasteiger partial charge < -0.3 is 0 Å². The lowest BCUT2D eigenvalue weighted by Crippen LogP contribution is -2.31. The monoisotopic (exact) mass is 1380 g/mol. The van der Waals surface area contributed by atoms with Crippen LogP contribution in [0.3, 0.4) is 0 Å². The summed E-state index contributed by atoms with van der Waals surface area (Å²) in [7, 11) is 0. The van der Waals surface area contributed by atoms with Crippen LogP contribution in [-0.2, 0) is 10.8 Å². The van der Waals surface area contributed by atoms with Crippen molar-refractivity contribution in [2.75, 3.05) is 0 Å². The van der Waals surface area contributed by atoms with Crippen LogP contribution in [0, 0.1) is 0 Å². The van der Waals surface area contributed by atoms with E-state index in [1.165, 1.54) is 91.9 Å². The molecule has 21 rings (SSSR count). The van der Waals surface area contributed by atoms with Crippen LogP contribution in [0.2, 0.25) is 0 Å². The van der Waals surface area contributed by atoms with Crippen molar-refractivity contribution in [2.45, 2.75) is 30.4 Å². The Balaban J connectivity index is 0.628. The molecule has 106 heavy (non-hydrogen) atoms. The van der Waals surface area contributed by atoms with Crippen LogP contribution in [0.5, 0.6) is 0 Å². The highest BCUT2D eigenvalue weighted by Crippen LogP contribution is 2.65. The van der Waals surface area contributed by atoms with Gasteiger partial charge in [-0.2, -0.15) is 0 Å². The molecule has 0 amide bonds. The molecule has 0 atom stereocenters. The van der Waals surface area contributed by atoms with Crippen molar-refractivity contribution in [3.05, 3.63) is 408 Å². The van der Waals surface area contributed by atoms with Crippen molar-refractivity contribution >= 4 is 23.5 Å². The van der Waals surface area contributed by atoms with Crippen LogP contribution >= 0.6 is 23.5 Å². The Morgan fingerprint density at radius 2 is 0.434 bits per heavy atom. The van der Waals surface area contributed by atoms with Gasteiger partial charge in [-0.05, 0) is 154 Å². The van der Waals surface area contributed by atoms with E-state index in [0.717, 1.165) is 72.3 Å². The van der Waals surface area contributed by atoms with Gasteiger partial charge in [0, 0.05) is 53.0 Å². The minimum Gasteiger partial charge on any atom is -0.208 e. The number of hydrogen-bond donors (Lipinski definition) is 0. The van der Waals surface area contributed by atoms with Crippen LogP contribution in [-0.4, -0.2) is 29.9 Å². The van der Waals surface area contributed by atoms with Gasteiger partial charge in [-0.1, -0.05) is 345 Å². The molecule has 0 unspecified atom stereocenters. The molecule has 0 radical (unpaired) electrons. The number of rotatable bonds is 10. The molecular weight excluding hydrogens is 1330 g/mol. The molecule has 17 aromatic rings. The fourth-order valence-corrected chi connectivity index (χ4v) is 19.4. The van der Waals surface area contributed by atoms with E-state index in [4.69, 9.17) is 29.9 Å². The Morgan fingerprint density at radius 3 is 0.915 bits per heavy atom. The van der Waals surface area contributed by atoms with E-state index in [9.17, 15) is 0 Å². The van der Waals surface area contributed by atoms with Gasteiger partial charge in [0.25, 0.3) is 0 Å². The topological polar surface area (TPSA) is 77.3 Å². The standard InChI is InChI=1S/C98H60N6S2/c1-3-22-61(23-4-1)62-44-50-66(51-45-62)93-100-94(68-54-48-64(49-55-68)74-32-21-39-84-90(74)77-31-8-10-34-79(77)97(84)80-35-11-15-40-86(80)105-87-41-16-12-36-81(87)97)104-96(103-93)73-29-20-27-70(59-73)69-26-19-28-72(58-69)95-101-91(65-24-5-2-6-25-65)99-92(102-95)67-52-46-63(47-53-67)71-56-57-76-75-30-7-9-33-78(75)98(85(76)60-71)82-37-13-17-42-88(82)106-89-43-18-14-38-83(89)98/h1-60H. The zero-order chi connectivity index (χ0) is 69.9. The Kier molecular flexibility index (Phi) is 14.5. The highest BCUT2D eigenvalue weighted by atomic mass is 32.2. The normalized spacial score (nSPS) is 13.4. The Morgan fingerprint density at radius 1 is 0.160 bits per heavy atom. The molecule has 0 N–H and O–H groups in total. The second-order valence-corrected chi connectivity index (χ2v) is 29.7. The molecule has 2 spiro atoms. The van der Waals surface area contributed by atoms with E-state index in [2.05, 4.69) is 340 Å². The molecule has 0 bridgehead atoms. The molecule has 0 saturated carbocycles. The van der Waals surface area contributed by atoms with Gasteiger partial charge in [-0.3, -0.25) is 0 Å². The largest absolute Gasteiger partial charge is 0.208 e. The van der Waals surface area contributed by atoms with E-state index in [1.807, 2.05) is 47.8 Å². The van der Waals surface area contributed by atoms with Gasteiger partial charge in [-0.15, -0.1) is 0 Å². The summed E-state index contributed by atoms with van der Waals surface area (Å²) < 4.78 is 0. The number of benzene rings is 15. The lowest BCUT2D eigenvalue weighted by atomic mass is 9.67. The number of hydrogen-bond acceptors (Lipinski definition) is 8. The highest BCUT2D eigenvalue weighted by molar-refractivity contribution is 7.99. The van der Waals surface area contributed by atoms with Gasteiger partial charge in [-0.25, -0.2) is 29.9 Å². The quantitative estimate of drug-likeness (QED) is 0.134. The van der Waals surface area contributed by atoms with Crippen molar-refractivity contribution in [2.24, 2.45) is 0 Å². The highest BCUT2D eigenvalue weighted by Gasteiger charge is 2.52. The average Bonchev–Trinajstić information content (AvgIpc) is 1.42. The van der Waals surface area contributed by atoms with E-state index < -0.39 is 10.8 Å². The molecule has 2 aliphatic carbocycles. The van der Waals surface area contributed by atoms with Crippen molar-refractivity contribution in [3.8, 4) is 135 Å². The fraction of sp³-hybridized carbons (Fsp3) is 0.0204. The average molecular weight is 1390 g/mol. The van der Waals surface area contributed by atoms with Gasteiger partial charge in [0.15, 0.2) is 34.9 Å². The van der Waals surface area contributed by atoms with Crippen molar-refractivity contribution in [1.82, 2.24) is 29.9 Å². The summed E-state index contributed by atoms with van der Waals surface area (Å²) >= 11 is 3.74.